The van der Waals surface area contributed by atoms with Gasteiger partial charge in [-0.2, -0.15) is 0 Å². The van der Waals surface area contributed by atoms with E-state index in [1.54, 1.807) is 0 Å². The Morgan fingerprint density at radius 2 is 1.80 bits per heavy atom. The number of likely N-dealkylation sites (tertiary alicyclic amines) is 1. The molecule has 0 aromatic carbocycles. The van der Waals surface area contributed by atoms with Crippen molar-refractivity contribution >= 4 is 9.84 Å². The van der Waals surface area contributed by atoms with Gasteiger partial charge in [-0.25, -0.2) is 8.42 Å². The Morgan fingerprint density at radius 3 is 2.20 bits per heavy atom. The van der Waals surface area contributed by atoms with Crippen LogP contribution in [0.25, 0.3) is 0 Å². The quantitative estimate of drug-likeness (QED) is 0.739. The van der Waals surface area contributed by atoms with Crippen LogP contribution < -0.4 is 0 Å². The largest absolute Gasteiger partial charge is 0.303 e. The van der Waals surface area contributed by atoms with Crippen molar-refractivity contribution in [3.05, 3.63) is 0 Å². The van der Waals surface area contributed by atoms with Crippen LogP contribution in [0.4, 0.5) is 0 Å². The fraction of sp³-hybridized carbons (Fsp3) is 1.00. The second-order valence-corrected chi connectivity index (χ2v) is 7.38. The minimum atomic E-state index is -2.81. The van der Waals surface area contributed by atoms with Gasteiger partial charge in [-0.05, 0) is 44.8 Å². The molecule has 1 aliphatic heterocycles. The molecule has 3 nitrogen and oxygen atoms in total. The molecule has 0 saturated carbocycles. The highest BCUT2D eigenvalue weighted by Crippen LogP contribution is 2.17. The summed E-state index contributed by atoms with van der Waals surface area (Å²) in [5.41, 5.74) is 0. The predicted octanol–water partition coefficient (Wildman–Crippen LogP) is 1.54. The van der Waals surface area contributed by atoms with E-state index in [4.69, 9.17) is 0 Å². The first kappa shape index (κ1) is 13.0. The van der Waals surface area contributed by atoms with Crippen LogP contribution in [-0.4, -0.2) is 44.5 Å². The zero-order valence-electron chi connectivity index (χ0n) is 10.1. The summed E-state index contributed by atoms with van der Waals surface area (Å²) in [6, 6.07) is 0. The summed E-state index contributed by atoms with van der Waals surface area (Å²) in [7, 11) is -2.81. The van der Waals surface area contributed by atoms with Gasteiger partial charge < -0.3 is 4.90 Å². The number of rotatable bonds is 4. The first-order valence-corrected chi connectivity index (χ1v) is 7.76. The first-order valence-electron chi connectivity index (χ1n) is 5.81. The van der Waals surface area contributed by atoms with Gasteiger partial charge in [0.05, 0.1) is 5.25 Å². The van der Waals surface area contributed by atoms with Crippen LogP contribution in [0.15, 0.2) is 0 Å². The second kappa shape index (κ2) is 5.30. The summed E-state index contributed by atoms with van der Waals surface area (Å²) in [5.74, 6) is 0.734. The summed E-state index contributed by atoms with van der Waals surface area (Å²) in [6.07, 6.45) is 4.21. The Morgan fingerprint density at radius 1 is 1.27 bits per heavy atom. The van der Waals surface area contributed by atoms with Crippen LogP contribution in [0.3, 0.4) is 0 Å². The molecule has 90 valence electrons. The highest BCUT2D eigenvalue weighted by Gasteiger charge is 2.26. The third-order valence-electron chi connectivity index (χ3n) is 3.16. The summed E-state index contributed by atoms with van der Waals surface area (Å²) >= 11 is 0. The first-order chi connectivity index (χ1) is 6.89. The van der Waals surface area contributed by atoms with Crippen molar-refractivity contribution in [2.45, 2.75) is 38.4 Å². The number of hydrogen-bond donors (Lipinski definition) is 0. The zero-order chi connectivity index (χ0) is 11.5. The number of nitrogens with zero attached hydrogens (tertiary/aromatic N) is 1. The van der Waals surface area contributed by atoms with Crippen molar-refractivity contribution < 1.29 is 8.42 Å². The Kier molecular flexibility index (Phi) is 4.59. The third kappa shape index (κ3) is 4.51. The summed E-state index contributed by atoms with van der Waals surface area (Å²) in [4.78, 5) is 2.39. The molecular formula is C11H23NO2S. The van der Waals surface area contributed by atoms with E-state index >= 15 is 0 Å². The SMILES string of the molecule is CC(C)CCN1CCC(S(C)(=O)=O)CC1. The molecule has 0 atom stereocenters. The van der Waals surface area contributed by atoms with E-state index in [1.807, 2.05) is 0 Å². The molecule has 1 fully saturated rings. The van der Waals surface area contributed by atoms with Crippen LogP contribution in [-0.2, 0) is 9.84 Å². The van der Waals surface area contributed by atoms with Gasteiger partial charge in [0.25, 0.3) is 0 Å². The van der Waals surface area contributed by atoms with E-state index in [2.05, 4.69) is 18.7 Å². The van der Waals surface area contributed by atoms with Crippen molar-refractivity contribution in [2.24, 2.45) is 5.92 Å². The lowest BCUT2D eigenvalue weighted by Crippen LogP contribution is -2.39. The molecule has 1 saturated heterocycles. The van der Waals surface area contributed by atoms with Crippen LogP contribution in [0, 0.1) is 5.92 Å². The highest BCUT2D eigenvalue weighted by molar-refractivity contribution is 7.91. The van der Waals surface area contributed by atoms with Gasteiger partial charge in [-0.3, -0.25) is 0 Å². The van der Waals surface area contributed by atoms with E-state index in [0.717, 1.165) is 38.4 Å². The number of hydrogen-bond acceptors (Lipinski definition) is 3. The average molecular weight is 233 g/mol. The van der Waals surface area contributed by atoms with Gasteiger partial charge >= 0.3 is 0 Å². The van der Waals surface area contributed by atoms with Crippen LogP contribution >= 0.6 is 0 Å². The maximum atomic E-state index is 11.3. The van der Waals surface area contributed by atoms with Gasteiger partial charge in [0, 0.05) is 6.26 Å². The highest BCUT2D eigenvalue weighted by atomic mass is 32.2. The topological polar surface area (TPSA) is 37.4 Å². The molecule has 0 aliphatic carbocycles. The third-order valence-corrected chi connectivity index (χ3v) is 4.85. The molecule has 0 unspecified atom stereocenters. The molecule has 0 spiro atoms. The lowest BCUT2D eigenvalue weighted by atomic mass is 10.1. The summed E-state index contributed by atoms with van der Waals surface area (Å²) in [5, 5.41) is -0.0900. The predicted molar refractivity (Wildman–Crippen MR) is 63.8 cm³/mol. The molecule has 4 heteroatoms. The molecule has 0 aromatic heterocycles. The van der Waals surface area contributed by atoms with E-state index in [1.165, 1.54) is 12.7 Å². The smallest absolute Gasteiger partial charge is 0.150 e. The van der Waals surface area contributed by atoms with Crippen LogP contribution in [0.5, 0.6) is 0 Å². The molecular weight excluding hydrogens is 210 g/mol. The molecule has 0 radical (unpaired) electrons. The Hall–Kier alpha value is -0.0900. The Labute approximate surface area is 93.8 Å². The van der Waals surface area contributed by atoms with Gasteiger partial charge in [0.15, 0.2) is 0 Å². The molecule has 0 aromatic rings. The maximum Gasteiger partial charge on any atom is 0.150 e. The summed E-state index contributed by atoms with van der Waals surface area (Å²) in [6.45, 7) is 7.47. The van der Waals surface area contributed by atoms with E-state index in [0.29, 0.717) is 0 Å². The Balaban J connectivity index is 2.30. The van der Waals surface area contributed by atoms with Gasteiger partial charge in [-0.1, -0.05) is 13.8 Å². The standard InChI is InChI=1S/C11H23NO2S/c1-10(2)4-7-12-8-5-11(6-9-12)15(3,13)14/h10-11H,4-9H2,1-3H3. The van der Waals surface area contributed by atoms with Crippen LogP contribution in [0.1, 0.15) is 33.1 Å². The second-order valence-electron chi connectivity index (χ2n) is 5.05. The number of piperidine rings is 1. The molecule has 1 rings (SSSR count). The molecule has 0 amide bonds. The molecule has 15 heavy (non-hydrogen) atoms. The van der Waals surface area contributed by atoms with Crippen LogP contribution in [0.2, 0.25) is 0 Å². The van der Waals surface area contributed by atoms with Crippen molar-refractivity contribution in [3.63, 3.8) is 0 Å². The maximum absolute atomic E-state index is 11.3. The zero-order valence-corrected chi connectivity index (χ0v) is 10.9. The van der Waals surface area contributed by atoms with Crippen molar-refractivity contribution in [2.75, 3.05) is 25.9 Å². The van der Waals surface area contributed by atoms with Gasteiger partial charge in [0.2, 0.25) is 0 Å². The Bertz CT molecular complexity index is 277. The van der Waals surface area contributed by atoms with Gasteiger partial charge in [0.1, 0.15) is 9.84 Å². The minimum Gasteiger partial charge on any atom is -0.303 e. The summed E-state index contributed by atoms with van der Waals surface area (Å²) < 4.78 is 22.7. The molecule has 0 N–H and O–H groups in total. The minimum absolute atomic E-state index is 0.0900. The van der Waals surface area contributed by atoms with Crippen molar-refractivity contribution in [3.8, 4) is 0 Å². The van der Waals surface area contributed by atoms with Gasteiger partial charge in [-0.15, -0.1) is 0 Å². The van der Waals surface area contributed by atoms with E-state index in [9.17, 15) is 8.42 Å². The molecule has 0 bridgehead atoms. The molecule has 1 aliphatic rings. The van der Waals surface area contributed by atoms with Crippen molar-refractivity contribution in [1.29, 1.82) is 0 Å². The average Bonchev–Trinajstić information content (AvgIpc) is 2.14. The fourth-order valence-corrected chi connectivity index (χ4v) is 3.07. The lowest BCUT2D eigenvalue weighted by molar-refractivity contribution is 0.218. The lowest BCUT2D eigenvalue weighted by Gasteiger charge is -2.31. The number of sulfone groups is 1. The monoisotopic (exact) mass is 233 g/mol. The van der Waals surface area contributed by atoms with E-state index in [-0.39, 0.29) is 5.25 Å². The molecule has 1 heterocycles. The fourth-order valence-electron chi connectivity index (χ4n) is 2.00. The normalized spacial score (nSPS) is 21.1. The van der Waals surface area contributed by atoms with Crippen molar-refractivity contribution in [1.82, 2.24) is 4.90 Å². The van der Waals surface area contributed by atoms with E-state index < -0.39 is 9.84 Å².